The fourth-order valence-corrected chi connectivity index (χ4v) is 1.40. The van der Waals surface area contributed by atoms with E-state index in [4.69, 9.17) is 0 Å². The molecule has 1 heterocycles. The number of benzene rings is 1. The molecule has 0 atom stereocenters. The number of hydrogen-bond donors (Lipinski definition) is 0. The van der Waals surface area contributed by atoms with Crippen molar-refractivity contribution in [1.82, 2.24) is 9.97 Å². The van der Waals surface area contributed by atoms with Crippen molar-refractivity contribution in [3.05, 3.63) is 59.7 Å². The van der Waals surface area contributed by atoms with E-state index in [9.17, 15) is 0 Å². The van der Waals surface area contributed by atoms with E-state index in [2.05, 4.69) is 22.1 Å². The third-order valence-corrected chi connectivity index (χ3v) is 2.20. The molecule has 0 aliphatic heterocycles. The molecule has 2 nitrogen and oxygen atoms in total. The van der Waals surface area contributed by atoms with Crippen molar-refractivity contribution in [2.75, 3.05) is 0 Å². The lowest BCUT2D eigenvalue weighted by Crippen LogP contribution is -1.97. The van der Waals surface area contributed by atoms with E-state index in [0.717, 1.165) is 17.8 Å². The molecule has 2 aromatic rings. The monoisotopic (exact) mass is 184 g/mol. The van der Waals surface area contributed by atoms with Crippen molar-refractivity contribution in [2.45, 2.75) is 13.3 Å². The Morgan fingerprint density at radius 1 is 1.00 bits per heavy atom. The van der Waals surface area contributed by atoms with Crippen molar-refractivity contribution >= 4 is 0 Å². The SMILES string of the molecule is Cc1nccnc1Cc1ccccc1. The van der Waals surface area contributed by atoms with Gasteiger partial charge in [-0.2, -0.15) is 0 Å². The third kappa shape index (κ3) is 1.96. The first kappa shape index (κ1) is 8.88. The van der Waals surface area contributed by atoms with Gasteiger partial charge in [-0.05, 0) is 12.5 Å². The van der Waals surface area contributed by atoms with Crippen molar-refractivity contribution in [2.24, 2.45) is 0 Å². The Morgan fingerprint density at radius 3 is 2.43 bits per heavy atom. The van der Waals surface area contributed by atoms with Crippen LogP contribution in [-0.2, 0) is 6.42 Å². The van der Waals surface area contributed by atoms with E-state index in [-0.39, 0.29) is 0 Å². The Kier molecular flexibility index (Phi) is 2.54. The molecule has 0 aliphatic rings. The lowest BCUT2D eigenvalue weighted by atomic mass is 10.1. The zero-order valence-corrected chi connectivity index (χ0v) is 8.14. The molecule has 0 saturated carbocycles. The summed E-state index contributed by atoms with van der Waals surface area (Å²) < 4.78 is 0. The minimum Gasteiger partial charge on any atom is -0.258 e. The molecule has 0 saturated heterocycles. The van der Waals surface area contributed by atoms with Crippen LogP contribution in [0.4, 0.5) is 0 Å². The van der Waals surface area contributed by atoms with Crippen LogP contribution >= 0.6 is 0 Å². The van der Waals surface area contributed by atoms with Crippen molar-refractivity contribution in [3.63, 3.8) is 0 Å². The summed E-state index contributed by atoms with van der Waals surface area (Å²) in [4.78, 5) is 8.52. The maximum atomic E-state index is 4.31. The summed E-state index contributed by atoms with van der Waals surface area (Å²) in [6, 6.07) is 10.3. The standard InChI is InChI=1S/C12H12N2/c1-10-12(14-8-7-13-10)9-11-5-3-2-4-6-11/h2-8H,9H2,1H3. The van der Waals surface area contributed by atoms with E-state index in [0.29, 0.717) is 0 Å². The second-order valence-corrected chi connectivity index (χ2v) is 3.25. The Balaban J connectivity index is 2.24. The molecular weight excluding hydrogens is 172 g/mol. The summed E-state index contributed by atoms with van der Waals surface area (Å²) in [7, 11) is 0. The number of rotatable bonds is 2. The van der Waals surface area contributed by atoms with Crippen LogP contribution in [-0.4, -0.2) is 9.97 Å². The van der Waals surface area contributed by atoms with Gasteiger partial charge in [0.1, 0.15) is 0 Å². The first-order valence-corrected chi connectivity index (χ1v) is 4.66. The third-order valence-electron chi connectivity index (χ3n) is 2.20. The van der Waals surface area contributed by atoms with E-state index in [1.807, 2.05) is 25.1 Å². The lowest BCUT2D eigenvalue weighted by Gasteiger charge is -2.02. The van der Waals surface area contributed by atoms with Gasteiger partial charge in [0.2, 0.25) is 0 Å². The molecule has 0 radical (unpaired) electrons. The minimum absolute atomic E-state index is 0.862. The van der Waals surface area contributed by atoms with Gasteiger partial charge < -0.3 is 0 Å². The predicted molar refractivity (Wildman–Crippen MR) is 56.0 cm³/mol. The van der Waals surface area contributed by atoms with Crippen LogP contribution in [0, 0.1) is 6.92 Å². The van der Waals surface area contributed by atoms with E-state index in [1.54, 1.807) is 12.4 Å². The first-order valence-electron chi connectivity index (χ1n) is 4.66. The number of aryl methyl sites for hydroxylation is 1. The van der Waals surface area contributed by atoms with Crippen molar-refractivity contribution < 1.29 is 0 Å². The molecule has 2 rings (SSSR count). The average Bonchev–Trinajstić information content (AvgIpc) is 2.23. The summed E-state index contributed by atoms with van der Waals surface area (Å²) in [5.74, 6) is 0. The van der Waals surface area contributed by atoms with Gasteiger partial charge >= 0.3 is 0 Å². The van der Waals surface area contributed by atoms with E-state index in [1.165, 1.54) is 5.56 Å². The molecule has 2 heteroatoms. The second kappa shape index (κ2) is 4.01. The largest absolute Gasteiger partial charge is 0.258 e. The van der Waals surface area contributed by atoms with Gasteiger partial charge in [-0.3, -0.25) is 9.97 Å². The summed E-state index contributed by atoms with van der Waals surface area (Å²) in [6.45, 7) is 1.99. The van der Waals surface area contributed by atoms with Crippen molar-refractivity contribution in [3.8, 4) is 0 Å². The number of nitrogens with zero attached hydrogens (tertiary/aromatic N) is 2. The molecule has 0 spiro atoms. The molecule has 0 amide bonds. The van der Waals surface area contributed by atoms with E-state index < -0.39 is 0 Å². The molecule has 1 aromatic heterocycles. The summed E-state index contributed by atoms with van der Waals surface area (Å²) in [6.07, 6.45) is 4.33. The van der Waals surface area contributed by atoms with Gasteiger partial charge in [-0.25, -0.2) is 0 Å². The average molecular weight is 184 g/mol. The Bertz CT molecular complexity index is 410. The molecule has 0 fully saturated rings. The fraction of sp³-hybridized carbons (Fsp3) is 0.167. The highest BCUT2D eigenvalue weighted by atomic mass is 14.8. The minimum atomic E-state index is 0.862. The van der Waals surface area contributed by atoms with Gasteiger partial charge in [-0.15, -0.1) is 0 Å². The maximum absolute atomic E-state index is 4.31. The quantitative estimate of drug-likeness (QED) is 0.716. The Morgan fingerprint density at radius 2 is 1.71 bits per heavy atom. The fourth-order valence-electron chi connectivity index (χ4n) is 1.40. The summed E-state index contributed by atoms with van der Waals surface area (Å²) >= 11 is 0. The molecule has 0 aliphatic carbocycles. The van der Waals surface area contributed by atoms with E-state index >= 15 is 0 Å². The maximum Gasteiger partial charge on any atom is 0.0659 e. The molecule has 70 valence electrons. The molecule has 0 N–H and O–H groups in total. The van der Waals surface area contributed by atoms with Crippen molar-refractivity contribution in [1.29, 1.82) is 0 Å². The molecule has 0 unspecified atom stereocenters. The zero-order valence-electron chi connectivity index (χ0n) is 8.14. The van der Waals surface area contributed by atoms with Gasteiger partial charge in [0.15, 0.2) is 0 Å². The molecule has 0 bridgehead atoms. The molecule has 1 aromatic carbocycles. The van der Waals surface area contributed by atoms with Crippen LogP contribution in [0.25, 0.3) is 0 Å². The normalized spacial score (nSPS) is 10.1. The van der Waals surface area contributed by atoms with Crippen LogP contribution in [0.15, 0.2) is 42.7 Å². The summed E-state index contributed by atoms with van der Waals surface area (Å²) in [5.41, 5.74) is 3.34. The van der Waals surface area contributed by atoms with Gasteiger partial charge in [0, 0.05) is 18.8 Å². The smallest absolute Gasteiger partial charge is 0.0659 e. The van der Waals surface area contributed by atoms with Crippen LogP contribution in [0.3, 0.4) is 0 Å². The van der Waals surface area contributed by atoms with Gasteiger partial charge in [0.05, 0.1) is 11.4 Å². The summed E-state index contributed by atoms with van der Waals surface area (Å²) in [5, 5.41) is 0. The number of hydrogen-bond acceptors (Lipinski definition) is 2. The van der Waals surface area contributed by atoms with Crippen LogP contribution < -0.4 is 0 Å². The highest BCUT2D eigenvalue weighted by Gasteiger charge is 2.00. The highest BCUT2D eigenvalue weighted by Crippen LogP contribution is 2.08. The molecule has 14 heavy (non-hydrogen) atoms. The highest BCUT2D eigenvalue weighted by molar-refractivity contribution is 5.23. The van der Waals surface area contributed by atoms with Gasteiger partial charge in [-0.1, -0.05) is 30.3 Å². The topological polar surface area (TPSA) is 25.8 Å². The lowest BCUT2D eigenvalue weighted by molar-refractivity contribution is 0.982. The Labute approximate surface area is 83.7 Å². The van der Waals surface area contributed by atoms with Crippen LogP contribution in [0.1, 0.15) is 17.0 Å². The van der Waals surface area contributed by atoms with Gasteiger partial charge in [0.25, 0.3) is 0 Å². The second-order valence-electron chi connectivity index (χ2n) is 3.25. The predicted octanol–water partition coefficient (Wildman–Crippen LogP) is 2.38. The zero-order chi connectivity index (χ0) is 9.80. The van der Waals surface area contributed by atoms with Crippen LogP contribution in [0.5, 0.6) is 0 Å². The number of aromatic nitrogens is 2. The van der Waals surface area contributed by atoms with Crippen LogP contribution in [0.2, 0.25) is 0 Å². The molecular formula is C12H12N2. The Hall–Kier alpha value is -1.70. The first-order chi connectivity index (χ1) is 6.86.